The van der Waals surface area contributed by atoms with Crippen LogP contribution in [-0.2, 0) is 4.74 Å². The lowest BCUT2D eigenvalue weighted by Crippen LogP contribution is -2.44. The van der Waals surface area contributed by atoms with E-state index in [1.807, 2.05) is 11.0 Å². The van der Waals surface area contributed by atoms with Gasteiger partial charge < -0.3 is 15.4 Å². The summed E-state index contributed by atoms with van der Waals surface area (Å²) in [5, 5.41) is 5.04. The van der Waals surface area contributed by atoms with E-state index in [9.17, 15) is 0 Å². The number of rotatable bonds is 1. The lowest BCUT2D eigenvalue weighted by Gasteiger charge is -2.33. The zero-order valence-corrected chi connectivity index (χ0v) is 17.6. The van der Waals surface area contributed by atoms with Crippen molar-refractivity contribution in [3.63, 3.8) is 0 Å². The maximum atomic E-state index is 6.00. The molecule has 6 heteroatoms. The van der Waals surface area contributed by atoms with Crippen LogP contribution in [0.5, 0.6) is 0 Å². The molecule has 2 N–H and O–H groups in total. The van der Waals surface area contributed by atoms with E-state index in [0.717, 1.165) is 44.9 Å². The zero-order chi connectivity index (χ0) is 20.9. The van der Waals surface area contributed by atoms with Crippen molar-refractivity contribution in [2.24, 2.45) is 5.73 Å². The van der Waals surface area contributed by atoms with E-state index in [4.69, 9.17) is 32.7 Å². The van der Waals surface area contributed by atoms with Crippen LogP contribution in [0.1, 0.15) is 11.7 Å². The molecule has 1 unspecified atom stereocenters. The van der Waals surface area contributed by atoms with Gasteiger partial charge in [0.05, 0.1) is 35.2 Å². The van der Waals surface area contributed by atoms with Crippen molar-refractivity contribution < 1.29 is 4.74 Å². The predicted molar refractivity (Wildman–Crippen MR) is 129 cm³/mol. The van der Waals surface area contributed by atoms with Crippen LogP contribution in [0, 0.1) is 0 Å². The van der Waals surface area contributed by atoms with Gasteiger partial charge in [0.2, 0.25) is 0 Å². The average molecular weight is 425 g/mol. The number of ether oxygens (including phenoxy) is 1. The molecule has 152 valence electrons. The summed E-state index contributed by atoms with van der Waals surface area (Å²) >= 11 is 5.16. The summed E-state index contributed by atoms with van der Waals surface area (Å²) in [5.41, 5.74) is 10.5. The highest BCUT2D eigenvalue weighted by Gasteiger charge is 2.23. The first kappa shape index (κ1) is 18.4. The number of nitrogens with two attached hydrogens (primary N) is 1. The van der Waals surface area contributed by atoms with E-state index in [-0.39, 0.29) is 6.10 Å². The Bertz CT molecular complexity index is 1500. The van der Waals surface area contributed by atoms with Gasteiger partial charge in [-0.3, -0.25) is 0 Å². The topological polar surface area (TPSA) is 64.3 Å². The SMILES string of the molecule is NC(=S)N1CCOC(c2ccc3nc4c5ccccc5c5ccccc5c4nc3c2)C1. The van der Waals surface area contributed by atoms with Crippen molar-refractivity contribution >= 4 is 60.9 Å². The third-order valence-electron chi connectivity index (χ3n) is 6.09. The highest BCUT2D eigenvalue weighted by Crippen LogP contribution is 2.34. The molecule has 0 saturated carbocycles. The van der Waals surface area contributed by atoms with E-state index in [1.165, 1.54) is 10.8 Å². The molecule has 1 saturated heterocycles. The number of thiocarbonyl (C=S) groups is 1. The first-order valence-corrected chi connectivity index (χ1v) is 10.8. The standard InChI is InChI=1S/C25H20N4OS/c26-25(31)29-11-12-30-22(14-29)15-9-10-20-21(13-15)28-24-19-8-4-2-6-17(19)16-5-1-3-7-18(16)23(24)27-20/h1-10,13,22H,11-12,14H2,(H2,26,31). The molecule has 0 radical (unpaired) electrons. The second-order valence-electron chi connectivity index (χ2n) is 7.90. The maximum absolute atomic E-state index is 6.00. The third-order valence-corrected chi connectivity index (χ3v) is 6.35. The molecular weight excluding hydrogens is 404 g/mol. The smallest absolute Gasteiger partial charge is 0.166 e. The Morgan fingerprint density at radius 3 is 2.13 bits per heavy atom. The summed E-state index contributed by atoms with van der Waals surface area (Å²) in [5.74, 6) is 0. The van der Waals surface area contributed by atoms with Crippen LogP contribution >= 0.6 is 12.2 Å². The molecule has 0 bridgehead atoms. The van der Waals surface area contributed by atoms with Crippen LogP contribution in [-0.4, -0.2) is 39.7 Å². The second kappa shape index (κ2) is 7.11. The first-order chi connectivity index (χ1) is 15.2. The van der Waals surface area contributed by atoms with Crippen LogP contribution in [0.3, 0.4) is 0 Å². The van der Waals surface area contributed by atoms with E-state index in [2.05, 4.69) is 60.7 Å². The summed E-state index contributed by atoms with van der Waals surface area (Å²) < 4.78 is 6.00. The van der Waals surface area contributed by atoms with Crippen LogP contribution in [0.15, 0.2) is 66.7 Å². The first-order valence-electron chi connectivity index (χ1n) is 10.4. The monoisotopic (exact) mass is 424 g/mol. The Balaban J connectivity index is 1.57. The molecule has 31 heavy (non-hydrogen) atoms. The highest BCUT2D eigenvalue weighted by molar-refractivity contribution is 7.80. The Kier molecular flexibility index (Phi) is 4.23. The Labute approximate surface area is 184 Å². The quantitative estimate of drug-likeness (QED) is 0.239. The van der Waals surface area contributed by atoms with Crippen molar-refractivity contribution in [1.82, 2.24) is 14.9 Å². The minimum atomic E-state index is -0.0921. The van der Waals surface area contributed by atoms with Gasteiger partial charge in [0.15, 0.2) is 5.11 Å². The second-order valence-corrected chi connectivity index (χ2v) is 8.32. The molecule has 4 aromatic carbocycles. The Morgan fingerprint density at radius 2 is 1.48 bits per heavy atom. The molecule has 0 spiro atoms. The van der Waals surface area contributed by atoms with Crippen LogP contribution < -0.4 is 5.73 Å². The maximum Gasteiger partial charge on any atom is 0.166 e. The van der Waals surface area contributed by atoms with Gasteiger partial charge in [-0.15, -0.1) is 0 Å². The summed E-state index contributed by atoms with van der Waals surface area (Å²) in [7, 11) is 0. The number of benzene rings is 4. The molecule has 1 fully saturated rings. The highest BCUT2D eigenvalue weighted by atomic mass is 32.1. The molecule has 2 heterocycles. The van der Waals surface area contributed by atoms with Gasteiger partial charge in [-0.1, -0.05) is 54.6 Å². The van der Waals surface area contributed by atoms with E-state index in [0.29, 0.717) is 18.3 Å². The molecule has 1 aliphatic heterocycles. The number of morpholine rings is 1. The molecule has 0 aliphatic carbocycles. The number of fused-ring (bicyclic) bond motifs is 7. The number of hydrogen-bond donors (Lipinski definition) is 1. The van der Waals surface area contributed by atoms with E-state index < -0.39 is 0 Å². The molecule has 0 amide bonds. The fraction of sp³-hybridized carbons (Fsp3) is 0.160. The zero-order valence-electron chi connectivity index (χ0n) is 16.8. The lowest BCUT2D eigenvalue weighted by atomic mass is 9.99. The summed E-state index contributed by atoms with van der Waals surface area (Å²) in [6, 6.07) is 23.0. The largest absolute Gasteiger partial charge is 0.376 e. The predicted octanol–water partition coefficient (Wildman–Crippen LogP) is 4.71. The summed E-state index contributed by atoms with van der Waals surface area (Å²) in [4.78, 5) is 12.1. The van der Waals surface area contributed by atoms with Crippen molar-refractivity contribution in [2.75, 3.05) is 19.7 Å². The number of aromatic nitrogens is 2. The van der Waals surface area contributed by atoms with Gasteiger partial charge in [-0.05, 0) is 40.7 Å². The molecule has 5 nitrogen and oxygen atoms in total. The van der Waals surface area contributed by atoms with Gasteiger partial charge in [0.1, 0.15) is 6.10 Å². The van der Waals surface area contributed by atoms with Crippen molar-refractivity contribution in [3.8, 4) is 0 Å². The van der Waals surface area contributed by atoms with Gasteiger partial charge in [0, 0.05) is 17.3 Å². The minimum Gasteiger partial charge on any atom is -0.376 e. The van der Waals surface area contributed by atoms with Crippen molar-refractivity contribution in [2.45, 2.75) is 6.10 Å². The minimum absolute atomic E-state index is 0.0921. The summed E-state index contributed by atoms with van der Waals surface area (Å²) in [6.07, 6.45) is -0.0921. The molecule has 1 aromatic heterocycles. The molecule has 5 aromatic rings. The third kappa shape index (κ3) is 2.99. The number of hydrogen-bond acceptors (Lipinski definition) is 4. The molecule has 1 atom stereocenters. The Morgan fingerprint density at radius 1 is 0.871 bits per heavy atom. The van der Waals surface area contributed by atoms with Gasteiger partial charge in [-0.25, -0.2) is 9.97 Å². The van der Waals surface area contributed by atoms with E-state index in [1.54, 1.807) is 0 Å². The van der Waals surface area contributed by atoms with E-state index >= 15 is 0 Å². The normalized spacial score (nSPS) is 17.0. The molecule has 6 rings (SSSR count). The summed E-state index contributed by atoms with van der Waals surface area (Å²) in [6.45, 7) is 1.97. The molecule has 1 aliphatic rings. The lowest BCUT2D eigenvalue weighted by molar-refractivity contribution is -0.00641. The fourth-order valence-corrected chi connectivity index (χ4v) is 4.71. The van der Waals surface area contributed by atoms with Crippen molar-refractivity contribution in [1.29, 1.82) is 0 Å². The Hall–Kier alpha value is -3.35. The van der Waals surface area contributed by atoms with Crippen molar-refractivity contribution in [3.05, 3.63) is 72.3 Å². The van der Waals surface area contributed by atoms with Gasteiger partial charge in [-0.2, -0.15) is 0 Å². The number of nitrogens with zero attached hydrogens (tertiary/aromatic N) is 3. The van der Waals surface area contributed by atoms with Gasteiger partial charge in [0.25, 0.3) is 0 Å². The average Bonchev–Trinajstić information content (AvgIpc) is 2.83. The van der Waals surface area contributed by atoms with Gasteiger partial charge >= 0.3 is 0 Å². The fourth-order valence-electron chi connectivity index (χ4n) is 4.55. The van der Waals surface area contributed by atoms with Crippen LogP contribution in [0.4, 0.5) is 0 Å². The van der Waals surface area contributed by atoms with Crippen LogP contribution in [0.2, 0.25) is 0 Å². The van der Waals surface area contributed by atoms with Crippen LogP contribution in [0.25, 0.3) is 43.6 Å². The molecular formula is C25H20N4OS.